The normalized spacial score (nSPS) is 21.6. The first-order valence-corrected chi connectivity index (χ1v) is 13.5. The third-order valence-electron chi connectivity index (χ3n) is 8.50. The van der Waals surface area contributed by atoms with E-state index in [1.165, 1.54) is 26.1 Å². The van der Waals surface area contributed by atoms with E-state index in [9.17, 15) is 40.6 Å². The summed E-state index contributed by atoms with van der Waals surface area (Å²) in [5, 5.41) is 9.66. The van der Waals surface area contributed by atoms with E-state index in [0.717, 1.165) is 11.2 Å². The number of amides is 2. The molecule has 5 rings (SSSR count). The number of benzene rings is 2. The lowest BCUT2D eigenvalue weighted by Crippen LogP contribution is -2.51. The number of oxazole rings is 1. The zero-order valence-corrected chi connectivity index (χ0v) is 23.4. The first-order valence-electron chi connectivity index (χ1n) is 13.5. The number of urea groups is 1. The summed E-state index contributed by atoms with van der Waals surface area (Å²) in [6.07, 6.45) is -8.41. The molecule has 14 heteroatoms. The topological polar surface area (TPSA) is 73.0 Å². The molecule has 0 spiro atoms. The van der Waals surface area contributed by atoms with Gasteiger partial charge in [0.05, 0.1) is 23.2 Å². The lowest BCUT2D eigenvalue weighted by atomic mass is 9.78. The number of anilines is 1. The summed E-state index contributed by atoms with van der Waals surface area (Å²) < 4.78 is 101. The van der Waals surface area contributed by atoms with E-state index in [2.05, 4.69) is 4.98 Å². The van der Waals surface area contributed by atoms with Crippen molar-refractivity contribution in [3.8, 4) is 5.88 Å². The van der Waals surface area contributed by atoms with Crippen molar-refractivity contribution >= 4 is 12.0 Å². The van der Waals surface area contributed by atoms with Crippen molar-refractivity contribution in [2.24, 2.45) is 11.8 Å². The SMILES string of the molecule is Cc1cc(F)ccc1[C@H]1[C@@H]2CN(c3nc(O)co3)C[C@H]2CCN1C(=O)N(C)[C@H](C)c1cc(C(F)(F)F)cc(C(F)(F)F)c1. The number of likely N-dealkylation sites (tertiary alicyclic amines) is 1. The van der Waals surface area contributed by atoms with Gasteiger partial charge >= 0.3 is 24.4 Å². The number of aryl methyl sites for hydroxylation is 1. The second-order valence-electron chi connectivity index (χ2n) is 11.2. The van der Waals surface area contributed by atoms with Crippen LogP contribution in [0.25, 0.3) is 0 Å². The van der Waals surface area contributed by atoms with E-state index in [-0.39, 0.29) is 41.9 Å². The maximum Gasteiger partial charge on any atom is 0.416 e. The highest BCUT2D eigenvalue weighted by atomic mass is 19.4. The van der Waals surface area contributed by atoms with E-state index in [0.29, 0.717) is 42.8 Å². The first-order chi connectivity index (χ1) is 20.0. The molecule has 7 nitrogen and oxygen atoms in total. The summed E-state index contributed by atoms with van der Waals surface area (Å²) in [5.41, 5.74) is -2.00. The standard InChI is InChI=1S/C29H29F7N4O3/c1-15-8-21(30)4-5-22(15)25-23-13-39(26-37-24(41)14-43-26)12-17(23)6-7-40(25)27(42)38(3)16(2)18-9-19(28(31,32)33)11-20(10-18)29(34,35)36/h4-5,8-11,14,16-17,23,25,41H,6-7,12-13H2,1-3H3/t16-,17-,23-,25+/m1/s1. The van der Waals surface area contributed by atoms with Gasteiger partial charge in [0.25, 0.3) is 5.88 Å². The lowest BCUT2D eigenvalue weighted by Gasteiger charge is -2.45. The maximum atomic E-state index is 14.1. The molecule has 0 saturated carbocycles. The maximum absolute atomic E-state index is 14.1. The third kappa shape index (κ3) is 5.96. The van der Waals surface area contributed by atoms with Crippen LogP contribution in [0, 0.1) is 24.6 Å². The van der Waals surface area contributed by atoms with Crippen LogP contribution >= 0.6 is 0 Å². The molecule has 1 aromatic heterocycles. The average molecular weight is 615 g/mol. The number of rotatable bonds is 4. The minimum Gasteiger partial charge on any atom is -0.491 e. The molecule has 2 aliphatic heterocycles. The van der Waals surface area contributed by atoms with Crippen LogP contribution in [0.4, 0.5) is 41.5 Å². The Balaban J connectivity index is 1.49. The van der Waals surface area contributed by atoms with E-state index >= 15 is 0 Å². The molecule has 2 saturated heterocycles. The molecule has 4 atom stereocenters. The first kappa shape index (κ1) is 30.5. The number of carbonyl (C=O) groups excluding carboxylic acids is 1. The Kier molecular flexibility index (Phi) is 7.76. The number of piperidine rings is 1. The average Bonchev–Trinajstić information content (AvgIpc) is 3.56. The van der Waals surface area contributed by atoms with Crippen LogP contribution in [0.5, 0.6) is 5.88 Å². The molecule has 2 fully saturated rings. The molecule has 0 radical (unpaired) electrons. The lowest BCUT2D eigenvalue weighted by molar-refractivity contribution is -0.143. The van der Waals surface area contributed by atoms with Crippen molar-refractivity contribution in [2.45, 2.75) is 44.7 Å². The minimum atomic E-state index is -5.03. The number of aromatic nitrogens is 1. The summed E-state index contributed by atoms with van der Waals surface area (Å²) in [4.78, 5) is 22.5. The number of alkyl halides is 6. The Hall–Kier alpha value is -3.97. The van der Waals surface area contributed by atoms with Crippen LogP contribution < -0.4 is 4.90 Å². The highest BCUT2D eigenvalue weighted by Crippen LogP contribution is 2.46. The third-order valence-corrected chi connectivity index (χ3v) is 8.50. The fraction of sp³-hybridized carbons (Fsp3) is 0.448. The van der Waals surface area contributed by atoms with E-state index in [1.807, 2.05) is 4.90 Å². The van der Waals surface area contributed by atoms with Crippen LogP contribution in [0.1, 0.15) is 53.2 Å². The van der Waals surface area contributed by atoms with Gasteiger partial charge in [-0.15, -0.1) is 0 Å². The fourth-order valence-electron chi connectivity index (χ4n) is 6.19. The molecule has 43 heavy (non-hydrogen) atoms. The van der Waals surface area contributed by atoms with Gasteiger partial charge in [0, 0.05) is 32.6 Å². The predicted molar refractivity (Wildman–Crippen MR) is 141 cm³/mol. The highest BCUT2D eigenvalue weighted by Gasteiger charge is 2.48. The van der Waals surface area contributed by atoms with Crippen LogP contribution in [-0.2, 0) is 12.4 Å². The Morgan fingerprint density at radius 3 is 2.28 bits per heavy atom. The number of hydrogen-bond donors (Lipinski definition) is 1. The fourth-order valence-corrected chi connectivity index (χ4v) is 6.19. The van der Waals surface area contributed by atoms with Crippen LogP contribution in [0.2, 0.25) is 0 Å². The zero-order chi connectivity index (χ0) is 31.4. The van der Waals surface area contributed by atoms with Crippen molar-refractivity contribution in [2.75, 3.05) is 31.6 Å². The molecule has 0 aliphatic carbocycles. The quantitative estimate of drug-likeness (QED) is 0.316. The Morgan fingerprint density at radius 2 is 1.72 bits per heavy atom. The monoisotopic (exact) mass is 614 g/mol. The largest absolute Gasteiger partial charge is 0.491 e. The molecular weight excluding hydrogens is 585 g/mol. The smallest absolute Gasteiger partial charge is 0.416 e. The number of halogens is 7. The van der Waals surface area contributed by atoms with Gasteiger partial charge in [0.2, 0.25) is 0 Å². The van der Waals surface area contributed by atoms with E-state index < -0.39 is 47.4 Å². The second-order valence-corrected chi connectivity index (χ2v) is 11.2. The Morgan fingerprint density at radius 1 is 1.07 bits per heavy atom. The van der Waals surface area contributed by atoms with Gasteiger partial charge in [-0.25, -0.2) is 9.18 Å². The summed E-state index contributed by atoms with van der Waals surface area (Å²) in [6, 6.07) is 3.36. The van der Waals surface area contributed by atoms with Gasteiger partial charge in [-0.3, -0.25) is 0 Å². The molecule has 0 unspecified atom stereocenters. The van der Waals surface area contributed by atoms with Gasteiger partial charge in [0.15, 0.2) is 6.26 Å². The van der Waals surface area contributed by atoms with Gasteiger partial charge in [-0.05, 0) is 73.2 Å². The molecule has 3 heterocycles. The van der Waals surface area contributed by atoms with E-state index in [4.69, 9.17) is 4.42 Å². The number of carbonyl (C=O) groups is 1. The predicted octanol–water partition coefficient (Wildman–Crippen LogP) is 7.18. The van der Waals surface area contributed by atoms with Crippen LogP contribution in [0.3, 0.4) is 0 Å². The summed E-state index contributed by atoms with van der Waals surface area (Å²) in [7, 11) is 1.33. The van der Waals surface area contributed by atoms with Gasteiger partial charge < -0.3 is 24.2 Å². The summed E-state index contributed by atoms with van der Waals surface area (Å²) in [6.45, 7) is 4.19. The zero-order valence-electron chi connectivity index (χ0n) is 23.4. The number of hydrogen-bond acceptors (Lipinski definition) is 5. The Bertz CT molecular complexity index is 1470. The molecule has 1 N–H and O–H groups in total. The Labute approximate surface area is 242 Å². The van der Waals surface area contributed by atoms with Crippen molar-refractivity contribution in [1.29, 1.82) is 0 Å². The molecule has 3 aromatic rings. The number of fused-ring (bicyclic) bond motifs is 1. The molecule has 232 valence electrons. The van der Waals surface area contributed by atoms with Crippen molar-refractivity contribution in [3.05, 3.63) is 76.3 Å². The van der Waals surface area contributed by atoms with E-state index in [1.54, 1.807) is 17.9 Å². The number of nitrogens with zero attached hydrogens (tertiary/aromatic N) is 4. The van der Waals surface area contributed by atoms with Crippen molar-refractivity contribution in [1.82, 2.24) is 14.8 Å². The molecule has 2 amide bonds. The van der Waals surface area contributed by atoms with Crippen molar-refractivity contribution in [3.63, 3.8) is 0 Å². The van der Waals surface area contributed by atoms with Gasteiger partial charge in [0.1, 0.15) is 5.82 Å². The van der Waals surface area contributed by atoms with Crippen LogP contribution in [-0.4, -0.2) is 52.6 Å². The van der Waals surface area contributed by atoms with Crippen LogP contribution in [0.15, 0.2) is 47.1 Å². The molecule has 2 aromatic carbocycles. The molecule has 0 bridgehead atoms. The second kappa shape index (κ2) is 10.9. The van der Waals surface area contributed by atoms with Gasteiger partial charge in [-0.1, -0.05) is 6.07 Å². The highest BCUT2D eigenvalue weighted by molar-refractivity contribution is 5.76. The molecule has 2 aliphatic rings. The summed E-state index contributed by atoms with van der Waals surface area (Å²) >= 11 is 0. The van der Waals surface area contributed by atoms with Crippen molar-refractivity contribution < 1.29 is 45.1 Å². The van der Waals surface area contributed by atoms with Gasteiger partial charge in [-0.2, -0.15) is 31.3 Å². The number of aromatic hydroxyl groups is 1. The minimum absolute atomic E-state index is 0.0492. The molecular formula is C29H29F7N4O3. The summed E-state index contributed by atoms with van der Waals surface area (Å²) in [5.74, 6) is -0.907.